The predicted octanol–water partition coefficient (Wildman–Crippen LogP) is 3.33. The molecule has 1 aromatic rings. The summed E-state index contributed by atoms with van der Waals surface area (Å²) in [7, 11) is 0. The first-order valence-electron chi connectivity index (χ1n) is 6.47. The molecule has 0 spiro atoms. The van der Waals surface area contributed by atoms with Crippen molar-refractivity contribution in [2.24, 2.45) is 5.92 Å². The van der Waals surface area contributed by atoms with Crippen LogP contribution in [0.4, 0.5) is 0 Å². The molecule has 0 N–H and O–H groups in total. The van der Waals surface area contributed by atoms with Crippen molar-refractivity contribution in [3.8, 4) is 0 Å². The number of hydrogen-bond acceptors (Lipinski definition) is 2. The second-order valence-corrected chi connectivity index (χ2v) is 6.08. The molecule has 0 aromatic carbocycles. The molecule has 0 bridgehead atoms. The molecule has 2 rings (SSSR count). The summed E-state index contributed by atoms with van der Waals surface area (Å²) in [5.74, 6) is 0.910. The molecule has 0 atom stereocenters. The van der Waals surface area contributed by atoms with Crippen LogP contribution in [0.5, 0.6) is 0 Å². The summed E-state index contributed by atoms with van der Waals surface area (Å²) in [6.45, 7) is 5.29. The molecule has 94 valence electrons. The molecule has 1 aliphatic rings. The molecule has 1 aromatic heterocycles. The summed E-state index contributed by atoms with van der Waals surface area (Å²) in [5, 5.41) is 4.21. The van der Waals surface area contributed by atoms with Gasteiger partial charge in [-0.3, -0.25) is 4.79 Å². The molecular formula is C14H21NOS. The van der Waals surface area contributed by atoms with Gasteiger partial charge < -0.3 is 4.90 Å². The van der Waals surface area contributed by atoms with Gasteiger partial charge in [-0.2, -0.15) is 11.3 Å². The summed E-state index contributed by atoms with van der Waals surface area (Å²) in [6, 6.07) is 2.66. The van der Waals surface area contributed by atoms with Gasteiger partial charge in [-0.1, -0.05) is 13.8 Å². The third-order valence-electron chi connectivity index (χ3n) is 3.08. The van der Waals surface area contributed by atoms with Crippen molar-refractivity contribution < 1.29 is 4.79 Å². The Morgan fingerprint density at radius 2 is 2.29 bits per heavy atom. The highest BCUT2D eigenvalue weighted by Gasteiger charge is 2.32. The van der Waals surface area contributed by atoms with Gasteiger partial charge >= 0.3 is 0 Å². The SMILES string of the molecule is CC(C)CN(C(=O)CCc1ccsc1)C1CC1. The van der Waals surface area contributed by atoms with Crippen LogP contribution in [-0.4, -0.2) is 23.4 Å². The van der Waals surface area contributed by atoms with E-state index in [4.69, 9.17) is 0 Å². The molecule has 3 heteroatoms. The van der Waals surface area contributed by atoms with Crippen molar-refractivity contribution in [3.05, 3.63) is 22.4 Å². The van der Waals surface area contributed by atoms with Crippen LogP contribution in [0.15, 0.2) is 16.8 Å². The van der Waals surface area contributed by atoms with Crippen LogP contribution in [0, 0.1) is 5.92 Å². The quantitative estimate of drug-likeness (QED) is 0.759. The van der Waals surface area contributed by atoms with Crippen molar-refractivity contribution in [1.82, 2.24) is 4.90 Å². The monoisotopic (exact) mass is 251 g/mol. The molecule has 0 saturated heterocycles. The Balaban J connectivity index is 1.83. The molecular weight excluding hydrogens is 230 g/mol. The third kappa shape index (κ3) is 3.84. The summed E-state index contributed by atoms with van der Waals surface area (Å²) in [5.41, 5.74) is 1.30. The Kier molecular flexibility index (Phi) is 4.21. The maximum absolute atomic E-state index is 12.2. The van der Waals surface area contributed by atoms with Gasteiger partial charge in [0, 0.05) is 19.0 Å². The zero-order valence-corrected chi connectivity index (χ0v) is 11.5. The van der Waals surface area contributed by atoms with E-state index in [0.29, 0.717) is 24.3 Å². The molecule has 0 aliphatic heterocycles. The van der Waals surface area contributed by atoms with Gasteiger partial charge in [0.2, 0.25) is 5.91 Å². The first-order chi connectivity index (χ1) is 8.16. The number of amides is 1. The standard InChI is InChI=1S/C14H21NOS/c1-11(2)9-15(13-4-5-13)14(16)6-3-12-7-8-17-10-12/h7-8,10-11,13H,3-6,9H2,1-2H3. The number of carbonyl (C=O) groups excluding carboxylic acids is 1. The van der Waals surface area contributed by atoms with Crippen molar-refractivity contribution in [1.29, 1.82) is 0 Å². The number of carbonyl (C=O) groups is 1. The second kappa shape index (κ2) is 5.67. The molecule has 1 aliphatic carbocycles. The molecule has 0 radical (unpaired) electrons. The molecule has 2 nitrogen and oxygen atoms in total. The topological polar surface area (TPSA) is 20.3 Å². The van der Waals surface area contributed by atoms with Crippen molar-refractivity contribution in [3.63, 3.8) is 0 Å². The molecule has 1 saturated carbocycles. The largest absolute Gasteiger partial charge is 0.339 e. The Morgan fingerprint density at radius 1 is 1.53 bits per heavy atom. The van der Waals surface area contributed by atoms with Crippen LogP contribution >= 0.6 is 11.3 Å². The number of rotatable bonds is 6. The minimum atomic E-state index is 0.340. The minimum absolute atomic E-state index is 0.340. The van der Waals surface area contributed by atoms with Crippen molar-refractivity contribution in [2.45, 2.75) is 45.6 Å². The van der Waals surface area contributed by atoms with Gasteiger partial charge in [0.25, 0.3) is 0 Å². The lowest BCUT2D eigenvalue weighted by atomic mass is 10.1. The first-order valence-corrected chi connectivity index (χ1v) is 7.41. The fraction of sp³-hybridized carbons (Fsp3) is 0.643. The highest BCUT2D eigenvalue weighted by Crippen LogP contribution is 2.28. The van der Waals surface area contributed by atoms with Gasteiger partial charge in [0.1, 0.15) is 0 Å². The van der Waals surface area contributed by atoms with Crippen LogP contribution in [0.3, 0.4) is 0 Å². The van der Waals surface area contributed by atoms with Gasteiger partial charge in [0.05, 0.1) is 0 Å². The van der Waals surface area contributed by atoms with E-state index in [1.165, 1.54) is 18.4 Å². The maximum Gasteiger partial charge on any atom is 0.223 e. The first kappa shape index (κ1) is 12.6. The fourth-order valence-electron chi connectivity index (χ4n) is 2.06. The second-order valence-electron chi connectivity index (χ2n) is 5.30. The highest BCUT2D eigenvalue weighted by molar-refractivity contribution is 7.07. The number of hydrogen-bond donors (Lipinski definition) is 0. The average molecular weight is 251 g/mol. The van der Waals surface area contributed by atoms with E-state index in [1.807, 2.05) is 0 Å². The van der Waals surface area contributed by atoms with Crippen LogP contribution in [0.2, 0.25) is 0 Å². The van der Waals surface area contributed by atoms with E-state index >= 15 is 0 Å². The summed E-state index contributed by atoms with van der Waals surface area (Å²) >= 11 is 1.70. The molecule has 1 fully saturated rings. The Hall–Kier alpha value is -0.830. The summed E-state index contributed by atoms with van der Waals surface area (Å²) in [4.78, 5) is 14.3. The smallest absolute Gasteiger partial charge is 0.223 e. The summed E-state index contributed by atoms with van der Waals surface area (Å²) < 4.78 is 0. The number of thiophene rings is 1. The van der Waals surface area contributed by atoms with E-state index in [1.54, 1.807) is 11.3 Å². The van der Waals surface area contributed by atoms with Gasteiger partial charge in [-0.05, 0) is 47.6 Å². The molecule has 1 heterocycles. The van der Waals surface area contributed by atoms with Crippen LogP contribution in [0.1, 0.15) is 38.7 Å². The van der Waals surface area contributed by atoms with Gasteiger partial charge in [-0.25, -0.2) is 0 Å². The molecule has 1 amide bonds. The van der Waals surface area contributed by atoms with E-state index in [-0.39, 0.29) is 0 Å². The lowest BCUT2D eigenvalue weighted by Gasteiger charge is -2.24. The lowest BCUT2D eigenvalue weighted by molar-refractivity contribution is -0.132. The van der Waals surface area contributed by atoms with E-state index in [2.05, 4.69) is 35.6 Å². The van der Waals surface area contributed by atoms with Gasteiger partial charge in [0.15, 0.2) is 0 Å². The summed E-state index contributed by atoms with van der Waals surface area (Å²) in [6.07, 6.45) is 3.97. The van der Waals surface area contributed by atoms with E-state index < -0.39 is 0 Å². The normalized spacial score (nSPS) is 15.2. The Labute approximate surface area is 108 Å². The lowest BCUT2D eigenvalue weighted by Crippen LogP contribution is -2.36. The molecule has 0 unspecified atom stereocenters. The van der Waals surface area contributed by atoms with Crippen LogP contribution < -0.4 is 0 Å². The maximum atomic E-state index is 12.2. The predicted molar refractivity (Wildman–Crippen MR) is 72.2 cm³/mol. The number of aryl methyl sites for hydroxylation is 1. The Bertz CT molecular complexity index is 354. The minimum Gasteiger partial charge on any atom is -0.339 e. The van der Waals surface area contributed by atoms with Gasteiger partial charge in [-0.15, -0.1) is 0 Å². The van der Waals surface area contributed by atoms with Crippen LogP contribution in [0.25, 0.3) is 0 Å². The third-order valence-corrected chi connectivity index (χ3v) is 3.81. The average Bonchev–Trinajstić information content (AvgIpc) is 2.99. The highest BCUT2D eigenvalue weighted by atomic mass is 32.1. The Morgan fingerprint density at radius 3 is 2.82 bits per heavy atom. The zero-order chi connectivity index (χ0) is 12.3. The van der Waals surface area contributed by atoms with Crippen molar-refractivity contribution >= 4 is 17.2 Å². The van der Waals surface area contributed by atoms with Crippen molar-refractivity contribution in [2.75, 3.05) is 6.54 Å². The van der Waals surface area contributed by atoms with E-state index in [9.17, 15) is 4.79 Å². The zero-order valence-electron chi connectivity index (χ0n) is 10.7. The fourth-order valence-corrected chi connectivity index (χ4v) is 2.77. The van der Waals surface area contributed by atoms with Crippen LogP contribution in [-0.2, 0) is 11.2 Å². The molecule has 17 heavy (non-hydrogen) atoms. The van der Waals surface area contributed by atoms with E-state index in [0.717, 1.165) is 13.0 Å². The number of nitrogens with zero attached hydrogens (tertiary/aromatic N) is 1.